The molecule has 0 aromatic heterocycles. The van der Waals surface area contributed by atoms with Crippen molar-refractivity contribution in [1.82, 2.24) is 0 Å². The topological polar surface area (TPSA) is 37.3 Å². The summed E-state index contributed by atoms with van der Waals surface area (Å²) in [6.07, 6.45) is 5.70. The minimum absolute atomic E-state index is 0.522. The van der Waals surface area contributed by atoms with Gasteiger partial charge in [-0.1, -0.05) is 54.0 Å². The molecule has 0 rings (SSSR count). The van der Waals surface area contributed by atoms with Crippen molar-refractivity contribution in [2.45, 2.75) is 74.1 Å². The first-order valence-corrected chi connectivity index (χ1v) is 7.02. The van der Waals surface area contributed by atoms with E-state index in [1.54, 1.807) is 13.0 Å². The van der Waals surface area contributed by atoms with Crippen LogP contribution < -0.4 is 0 Å². The third-order valence-corrected chi connectivity index (χ3v) is 2.44. The largest absolute Gasteiger partial charge is 0.478 e. The molecule has 0 radical (unpaired) electrons. The van der Waals surface area contributed by atoms with Gasteiger partial charge >= 0.3 is 5.97 Å². The minimum Gasteiger partial charge on any atom is -0.478 e. The van der Waals surface area contributed by atoms with Gasteiger partial charge in [-0.15, -0.1) is 0 Å². The van der Waals surface area contributed by atoms with Crippen molar-refractivity contribution in [2.24, 2.45) is 11.3 Å². The molecule has 0 bridgehead atoms. The van der Waals surface area contributed by atoms with Crippen LogP contribution in [0, 0.1) is 11.3 Å². The lowest BCUT2D eigenvalue weighted by molar-refractivity contribution is -0.132. The molecule has 18 heavy (non-hydrogen) atoms. The highest BCUT2D eigenvalue weighted by molar-refractivity contribution is 5.86. The van der Waals surface area contributed by atoms with Gasteiger partial charge in [-0.3, -0.25) is 0 Å². The number of rotatable bonds is 5. The molecule has 0 aliphatic rings. The fourth-order valence-electron chi connectivity index (χ4n) is 1.97. The fourth-order valence-corrected chi connectivity index (χ4v) is 1.97. The van der Waals surface area contributed by atoms with E-state index >= 15 is 0 Å². The number of carbonyl (C=O) groups is 1. The summed E-state index contributed by atoms with van der Waals surface area (Å²) in [4.78, 5) is 10.4. The lowest BCUT2D eigenvalue weighted by atomic mass is 9.86. The lowest BCUT2D eigenvalue weighted by Gasteiger charge is -2.19. The molecule has 0 heterocycles. The molecule has 0 aromatic carbocycles. The first-order valence-electron chi connectivity index (χ1n) is 7.02. The Hall–Kier alpha value is -0.790. The first kappa shape index (κ1) is 19.5. The zero-order valence-electron chi connectivity index (χ0n) is 13.3. The van der Waals surface area contributed by atoms with Gasteiger partial charge in [-0.25, -0.2) is 4.79 Å². The van der Waals surface area contributed by atoms with Crippen molar-refractivity contribution >= 4 is 5.97 Å². The highest BCUT2D eigenvalue weighted by Crippen LogP contribution is 2.23. The van der Waals surface area contributed by atoms with Crippen LogP contribution in [0.5, 0.6) is 0 Å². The highest BCUT2D eigenvalue weighted by Gasteiger charge is 2.11. The molecule has 0 fully saturated rings. The van der Waals surface area contributed by atoms with Crippen LogP contribution in [0.15, 0.2) is 11.6 Å². The van der Waals surface area contributed by atoms with E-state index in [9.17, 15) is 4.79 Å². The van der Waals surface area contributed by atoms with Crippen molar-refractivity contribution < 1.29 is 9.90 Å². The summed E-state index contributed by atoms with van der Waals surface area (Å²) in [5, 5.41) is 8.53. The summed E-state index contributed by atoms with van der Waals surface area (Å²) < 4.78 is 0. The van der Waals surface area contributed by atoms with Gasteiger partial charge in [0.2, 0.25) is 0 Å². The van der Waals surface area contributed by atoms with Crippen LogP contribution in [-0.2, 0) is 4.79 Å². The van der Waals surface area contributed by atoms with E-state index in [0.717, 1.165) is 18.8 Å². The quantitative estimate of drug-likeness (QED) is 0.679. The molecule has 0 saturated carbocycles. The van der Waals surface area contributed by atoms with Crippen LogP contribution in [0.1, 0.15) is 74.1 Å². The molecule has 2 nitrogen and oxygen atoms in total. The van der Waals surface area contributed by atoms with Gasteiger partial charge in [0.25, 0.3) is 0 Å². The number of carboxylic acid groups (broad SMARTS) is 1. The van der Waals surface area contributed by atoms with Gasteiger partial charge in [-0.05, 0) is 37.5 Å². The molecule has 0 aromatic rings. The van der Waals surface area contributed by atoms with Crippen molar-refractivity contribution in [3.63, 3.8) is 0 Å². The minimum atomic E-state index is -0.782. The van der Waals surface area contributed by atoms with Crippen molar-refractivity contribution in [1.29, 1.82) is 0 Å². The summed E-state index contributed by atoms with van der Waals surface area (Å²) >= 11 is 0. The summed E-state index contributed by atoms with van der Waals surface area (Å²) in [6, 6.07) is 0. The zero-order chi connectivity index (χ0) is 14.8. The smallest absolute Gasteiger partial charge is 0.331 e. The van der Waals surface area contributed by atoms with Gasteiger partial charge in [0.15, 0.2) is 0 Å². The molecule has 2 heteroatoms. The maximum Gasteiger partial charge on any atom is 0.331 e. The maximum absolute atomic E-state index is 10.4. The number of hydrogen-bond acceptors (Lipinski definition) is 1. The van der Waals surface area contributed by atoms with Crippen LogP contribution in [0.2, 0.25) is 0 Å². The molecule has 0 aliphatic heterocycles. The third kappa shape index (κ3) is 15.2. The van der Waals surface area contributed by atoms with Gasteiger partial charge in [0.1, 0.15) is 0 Å². The Kier molecular flexibility index (Phi) is 11.0. The summed E-state index contributed by atoms with van der Waals surface area (Å²) in [7, 11) is 0. The van der Waals surface area contributed by atoms with Gasteiger partial charge < -0.3 is 5.11 Å². The number of aliphatic carboxylic acids is 1. The fraction of sp³-hybridized carbons (Fsp3) is 0.812. The molecular formula is C16H32O2. The van der Waals surface area contributed by atoms with Crippen LogP contribution >= 0.6 is 0 Å². The van der Waals surface area contributed by atoms with E-state index in [1.165, 1.54) is 6.42 Å². The SMILES string of the molecule is CC(C)CC(C)(C)C.CC=C(CCCC)C(=O)O. The van der Waals surface area contributed by atoms with Crippen LogP contribution in [-0.4, -0.2) is 11.1 Å². The van der Waals surface area contributed by atoms with Crippen LogP contribution in [0.3, 0.4) is 0 Å². The Morgan fingerprint density at radius 1 is 1.28 bits per heavy atom. The predicted octanol–water partition coefficient (Wildman–Crippen LogP) is 5.29. The molecule has 0 saturated heterocycles. The number of hydrogen-bond donors (Lipinski definition) is 1. The second-order valence-corrected chi connectivity index (χ2v) is 6.38. The molecule has 108 valence electrons. The monoisotopic (exact) mass is 256 g/mol. The highest BCUT2D eigenvalue weighted by atomic mass is 16.4. The van der Waals surface area contributed by atoms with Gasteiger partial charge in [0, 0.05) is 5.57 Å². The Bertz CT molecular complexity index is 244. The van der Waals surface area contributed by atoms with E-state index in [2.05, 4.69) is 41.5 Å². The Labute approximate surface area is 113 Å². The summed E-state index contributed by atoms with van der Waals surface area (Å²) in [5.41, 5.74) is 1.05. The molecular weight excluding hydrogens is 224 g/mol. The third-order valence-electron chi connectivity index (χ3n) is 2.44. The van der Waals surface area contributed by atoms with Crippen LogP contribution in [0.25, 0.3) is 0 Å². The summed E-state index contributed by atoms with van der Waals surface area (Å²) in [5.74, 6) is 0.0611. The number of unbranched alkanes of at least 4 members (excludes halogenated alkanes) is 1. The number of allylic oxidation sites excluding steroid dienone is 1. The second kappa shape index (κ2) is 10.2. The molecule has 0 aliphatic carbocycles. The first-order chi connectivity index (χ1) is 8.14. The summed E-state index contributed by atoms with van der Waals surface area (Å²) in [6.45, 7) is 15.2. The van der Waals surface area contributed by atoms with E-state index in [4.69, 9.17) is 5.11 Å². The maximum atomic E-state index is 10.4. The molecule has 0 amide bonds. The Balaban J connectivity index is 0. The zero-order valence-corrected chi connectivity index (χ0v) is 13.3. The lowest BCUT2D eigenvalue weighted by Crippen LogP contribution is -2.08. The van der Waals surface area contributed by atoms with Gasteiger partial charge in [-0.2, -0.15) is 0 Å². The predicted molar refractivity (Wildman–Crippen MR) is 79.8 cm³/mol. The van der Waals surface area contributed by atoms with Crippen molar-refractivity contribution in [2.75, 3.05) is 0 Å². The Morgan fingerprint density at radius 2 is 1.78 bits per heavy atom. The standard InChI is InChI=1S/C8H14O2.C8H18/c1-3-5-6-7(4-2)8(9)10;1-7(2)6-8(3,4)5/h4H,3,5-6H2,1-2H3,(H,9,10);7H,6H2,1-5H3. The average Bonchev–Trinajstić information content (AvgIpc) is 2.15. The molecule has 0 atom stereocenters. The normalized spacial score (nSPS) is 12.1. The van der Waals surface area contributed by atoms with Crippen molar-refractivity contribution in [3.05, 3.63) is 11.6 Å². The molecule has 1 N–H and O–H groups in total. The average molecular weight is 256 g/mol. The van der Waals surface area contributed by atoms with E-state index in [0.29, 0.717) is 17.4 Å². The van der Waals surface area contributed by atoms with E-state index < -0.39 is 5.97 Å². The van der Waals surface area contributed by atoms with Crippen LogP contribution in [0.4, 0.5) is 0 Å². The van der Waals surface area contributed by atoms with Gasteiger partial charge in [0.05, 0.1) is 0 Å². The Morgan fingerprint density at radius 3 is 1.94 bits per heavy atom. The second-order valence-electron chi connectivity index (χ2n) is 6.38. The number of carboxylic acids is 1. The van der Waals surface area contributed by atoms with E-state index in [-0.39, 0.29) is 0 Å². The van der Waals surface area contributed by atoms with E-state index in [1.807, 2.05) is 0 Å². The molecule has 0 spiro atoms. The van der Waals surface area contributed by atoms with Crippen molar-refractivity contribution in [3.8, 4) is 0 Å². The molecule has 0 unspecified atom stereocenters.